The van der Waals surface area contributed by atoms with Crippen molar-refractivity contribution in [3.8, 4) is 0 Å². The van der Waals surface area contributed by atoms with Crippen LogP contribution >= 0.6 is 23.1 Å². The van der Waals surface area contributed by atoms with Crippen LogP contribution < -0.4 is 16.2 Å². The molecule has 1 saturated heterocycles. The number of aromatic nitrogens is 1. The first-order chi connectivity index (χ1) is 14.2. The Morgan fingerprint density at radius 3 is 2.83 bits per heavy atom. The number of anilines is 1. The molecule has 1 fully saturated rings. The van der Waals surface area contributed by atoms with Gasteiger partial charge in [-0.3, -0.25) is 14.5 Å². The van der Waals surface area contributed by atoms with E-state index in [4.69, 9.17) is 5.73 Å². The number of carbonyl (C=O) groups excluding carboxylic acids is 3. The lowest BCUT2D eigenvalue weighted by molar-refractivity contribution is -0.309. The van der Waals surface area contributed by atoms with E-state index in [-0.39, 0.29) is 21.4 Å². The van der Waals surface area contributed by atoms with Crippen LogP contribution in [0.1, 0.15) is 4.88 Å². The highest BCUT2D eigenvalue weighted by atomic mass is 32.2. The minimum Gasteiger partial charge on any atom is -0.546 e. The van der Waals surface area contributed by atoms with Gasteiger partial charge in [0.1, 0.15) is 17.1 Å². The smallest absolute Gasteiger partial charge is 0.352 e. The largest absolute Gasteiger partial charge is 0.546 e. The fourth-order valence-electron chi connectivity index (χ4n) is 2.75. The quantitative estimate of drug-likeness (QED) is 0.229. The number of carboxylic acid groups (broad SMARTS) is 2. The van der Waals surface area contributed by atoms with Crippen molar-refractivity contribution in [2.45, 2.75) is 11.4 Å². The Balaban J connectivity index is 1.79. The molecular weight excluding hydrogens is 438 g/mol. The summed E-state index contributed by atoms with van der Waals surface area (Å²) < 4.78 is 0. The Kier molecular flexibility index (Phi) is 6.07. The molecule has 2 atom stereocenters. The van der Waals surface area contributed by atoms with Gasteiger partial charge in [0.25, 0.3) is 11.8 Å². The molecule has 30 heavy (non-hydrogen) atoms. The van der Waals surface area contributed by atoms with Crippen molar-refractivity contribution in [3.63, 3.8) is 0 Å². The normalized spacial score (nSPS) is 20.9. The van der Waals surface area contributed by atoms with Gasteiger partial charge >= 0.3 is 5.97 Å². The summed E-state index contributed by atoms with van der Waals surface area (Å²) in [4.78, 5) is 57.0. The number of oxime groups is 1. The fraction of sp³-hybridized carbons (Fsp3) is 0.250. The van der Waals surface area contributed by atoms with E-state index in [1.54, 1.807) is 0 Å². The monoisotopic (exact) mass is 452 g/mol. The molecule has 12 nitrogen and oxygen atoms in total. The summed E-state index contributed by atoms with van der Waals surface area (Å²) in [5.74, 6) is -3.97. The van der Waals surface area contributed by atoms with Crippen LogP contribution in [0.2, 0.25) is 0 Å². The van der Waals surface area contributed by atoms with Gasteiger partial charge in [0.05, 0.1) is 10.8 Å². The summed E-state index contributed by atoms with van der Waals surface area (Å²) in [5.41, 5.74) is 5.45. The highest BCUT2D eigenvalue weighted by Crippen LogP contribution is 2.40. The number of aliphatic carboxylic acids is 2. The molecule has 3 rings (SSSR count). The number of thioether (sulfide) groups is 1. The summed E-state index contributed by atoms with van der Waals surface area (Å²) in [6.45, 7) is 2.67. The zero-order valence-electron chi connectivity index (χ0n) is 15.1. The molecule has 0 aliphatic carbocycles. The number of allylic oxidation sites excluding steroid dienone is 1. The maximum Gasteiger partial charge on any atom is 0.352 e. The SMILES string of the molecule is C=CC1=C(C(=O)O)N2C(=O)[C@@H](NC(=O)/C(=N/OCC(=O)[O-])c3cnc(N)s3)C2SC1. The number of nitrogens with zero attached hydrogens (tertiary/aromatic N) is 3. The van der Waals surface area contributed by atoms with Gasteiger partial charge in [-0.25, -0.2) is 9.78 Å². The van der Waals surface area contributed by atoms with Gasteiger partial charge in [-0.15, -0.1) is 11.8 Å². The lowest BCUT2D eigenvalue weighted by Crippen LogP contribution is -2.71. The predicted octanol–water partition coefficient (Wildman–Crippen LogP) is -1.88. The van der Waals surface area contributed by atoms with Crippen LogP contribution in [-0.2, 0) is 24.0 Å². The number of carbonyl (C=O) groups is 4. The number of hydrogen-bond donors (Lipinski definition) is 3. The number of carboxylic acids is 2. The van der Waals surface area contributed by atoms with Crippen LogP contribution in [-0.4, -0.2) is 68.2 Å². The van der Waals surface area contributed by atoms with E-state index in [1.165, 1.54) is 24.0 Å². The minimum atomic E-state index is -1.54. The summed E-state index contributed by atoms with van der Waals surface area (Å²) >= 11 is 2.17. The molecule has 2 aliphatic heterocycles. The second-order valence-corrected chi connectivity index (χ2v) is 8.06. The molecule has 0 saturated carbocycles. The van der Waals surface area contributed by atoms with Gasteiger partial charge in [-0.05, 0) is 5.57 Å². The van der Waals surface area contributed by atoms with E-state index in [9.17, 15) is 29.4 Å². The van der Waals surface area contributed by atoms with Crippen LogP contribution in [0, 0.1) is 0 Å². The molecule has 0 aromatic carbocycles. The molecule has 1 aromatic rings. The van der Waals surface area contributed by atoms with E-state index >= 15 is 0 Å². The molecule has 2 aliphatic rings. The van der Waals surface area contributed by atoms with E-state index in [0.717, 1.165) is 16.2 Å². The average molecular weight is 452 g/mol. The number of nitrogen functional groups attached to an aromatic ring is 1. The van der Waals surface area contributed by atoms with Crippen molar-refractivity contribution >= 4 is 57.7 Å². The number of β-lactam (4-membered cyclic amide) rings is 1. The number of nitrogens with one attached hydrogen (secondary N) is 1. The third-order valence-corrected chi connectivity index (χ3v) is 6.18. The van der Waals surface area contributed by atoms with Crippen LogP contribution in [0.5, 0.6) is 0 Å². The van der Waals surface area contributed by atoms with Crippen molar-refractivity contribution in [1.82, 2.24) is 15.2 Å². The van der Waals surface area contributed by atoms with Gasteiger partial charge in [-0.1, -0.05) is 29.1 Å². The van der Waals surface area contributed by atoms with Crippen LogP contribution in [0.3, 0.4) is 0 Å². The van der Waals surface area contributed by atoms with Crippen LogP contribution in [0.25, 0.3) is 0 Å². The van der Waals surface area contributed by atoms with Gasteiger partial charge in [0.2, 0.25) is 0 Å². The van der Waals surface area contributed by atoms with E-state index in [1.807, 2.05) is 0 Å². The van der Waals surface area contributed by atoms with Crippen molar-refractivity contribution in [1.29, 1.82) is 0 Å². The third-order valence-electron chi connectivity index (χ3n) is 4.04. The molecule has 14 heteroatoms. The third kappa shape index (κ3) is 3.99. The maximum absolute atomic E-state index is 12.7. The summed E-state index contributed by atoms with van der Waals surface area (Å²) in [7, 11) is 0. The van der Waals surface area contributed by atoms with E-state index in [2.05, 4.69) is 26.9 Å². The molecular formula is C16H14N5O7S2-. The van der Waals surface area contributed by atoms with Crippen LogP contribution in [0.15, 0.2) is 35.3 Å². The highest BCUT2D eigenvalue weighted by molar-refractivity contribution is 8.00. The van der Waals surface area contributed by atoms with Gasteiger partial charge in [-0.2, -0.15) is 0 Å². The Bertz CT molecular complexity index is 1000. The first kappa shape index (κ1) is 21.3. The van der Waals surface area contributed by atoms with Gasteiger partial charge in [0.15, 0.2) is 17.5 Å². The van der Waals surface area contributed by atoms with Crippen molar-refractivity contribution in [3.05, 3.63) is 35.0 Å². The number of hydrogen-bond acceptors (Lipinski definition) is 11. The molecule has 158 valence electrons. The zero-order valence-corrected chi connectivity index (χ0v) is 16.7. The number of fused-ring (bicyclic) bond motifs is 1. The molecule has 0 spiro atoms. The van der Waals surface area contributed by atoms with Gasteiger partial charge < -0.3 is 30.9 Å². The summed E-state index contributed by atoms with van der Waals surface area (Å²) in [6.07, 6.45) is 2.62. The number of thiazole rings is 1. The first-order valence-electron chi connectivity index (χ1n) is 8.20. The predicted molar refractivity (Wildman–Crippen MR) is 104 cm³/mol. The van der Waals surface area contributed by atoms with Gasteiger partial charge in [0, 0.05) is 11.9 Å². The Labute approximate surface area is 177 Å². The average Bonchev–Trinajstić information content (AvgIpc) is 3.13. The molecule has 4 N–H and O–H groups in total. The molecule has 1 unspecified atom stereocenters. The van der Waals surface area contributed by atoms with E-state index in [0.29, 0.717) is 11.3 Å². The lowest BCUT2D eigenvalue weighted by atomic mass is 10.0. The van der Waals surface area contributed by atoms with Crippen molar-refractivity contribution in [2.24, 2.45) is 5.16 Å². The van der Waals surface area contributed by atoms with Crippen molar-refractivity contribution < 1.29 is 34.2 Å². The fourth-order valence-corrected chi connectivity index (χ4v) is 4.76. The Morgan fingerprint density at radius 2 is 2.27 bits per heavy atom. The van der Waals surface area contributed by atoms with Crippen LogP contribution in [0.4, 0.5) is 5.13 Å². The standard InChI is InChI=1S/C16H15N5O7S2/c1-2-6-5-29-14-10(13(25)21(14)11(6)15(26)27)19-12(24)9(20-28-4-8(22)23)7-3-18-16(17)30-7/h2-3,10,14H,1,4-5H2,(H2,17,18)(H,19,24)(H,22,23)(H,26,27)/p-1/b20-9+/t10-,14?/m1/s1. The Morgan fingerprint density at radius 1 is 1.53 bits per heavy atom. The first-order valence-corrected chi connectivity index (χ1v) is 10.1. The second kappa shape index (κ2) is 8.54. The lowest BCUT2D eigenvalue weighted by Gasteiger charge is -2.49. The highest BCUT2D eigenvalue weighted by Gasteiger charge is 2.54. The number of nitrogens with two attached hydrogens (primary N) is 1. The summed E-state index contributed by atoms with van der Waals surface area (Å²) in [5, 5.41) is 25.4. The minimum absolute atomic E-state index is 0.132. The topological polar surface area (TPSA) is 187 Å². The second-order valence-electron chi connectivity index (χ2n) is 5.89. The zero-order chi connectivity index (χ0) is 22.0. The number of amides is 2. The molecule has 2 amide bonds. The molecule has 0 radical (unpaired) electrons. The molecule has 0 bridgehead atoms. The van der Waals surface area contributed by atoms with E-state index < -0.39 is 41.8 Å². The molecule has 3 heterocycles. The van der Waals surface area contributed by atoms with Crippen molar-refractivity contribution in [2.75, 3.05) is 18.1 Å². The summed E-state index contributed by atoms with van der Waals surface area (Å²) in [6, 6.07) is -1.01. The maximum atomic E-state index is 12.7. The Hall–Kier alpha value is -3.39. The number of rotatable bonds is 8. The molecule has 1 aromatic heterocycles.